The van der Waals surface area contributed by atoms with Crippen LogP contribution in [-0.4, -0.2) is 55.4 Å². The number of nitrogens with zero attached hydrogens (tertiary/aromatic N) is 2. The number of piperidine rings is 1. The summed E-state index contributed by atoms with van der Waals surface area (Å²) in [7, 11) is 0. The molecule has 2 aliphatic rings. The van der Waals surface area contributed by atoms with Crippen molar-refractivity contribution in [2.45, 2.75) is 44.1 Å². The quantitative estimate of drug-likeness (QED) is 0.438. The molecule has 1 saturated heterocycles. The van der Waals surface area contributed by atoms with E-state index in [1.165, 1.54) is 12.8 Å². The van der Waals surface area contributed by atoms with Crippen LogP contribution in [0, 0.1) is 0 Å². The molecule has 0 saturated carbocycles. The summed E-state index contributed by atoms with van der Waals surface area (Å²) < 4.78 is 23.5. The summed E-state index contributed by atoms with van der Waals surface area (Å²) >= 11 is 0. The molecule has 1 atom stereocenters. The van der Waals surface area contributed by atoms with Crippen molar-refractivity contribution in [3.63, 3.8) is 0 Å². The minimum absolute atomic E-state index is 0.0209. The molecule has 1 unspecified atom stereocenters. The lowest BCUT2D eigenvalue weighted by Gasteiger charge is -2.30. The summed E-state index contributed by atoms with van der Waals surface area (Å²) in [5, 5.41) is 0. The van der Waals surface area contributed by atoms with Crippen LogP contribution in [-0.2, 0) is 4.74 Å². The van der Waals surface area contributed by atoms with E-state index in [0.717, 1.165) is 74.0 Å². The predicted octanol–water partition coefficient (Wildman–Crippen LogP) is 5.03. The van der Waals surface area contributed by atoms with Gasteiger partial charge in [-0.05, 0) is 76.0 Å². The van der Waals surface area contributed by atoms with Gasteiger partial charge in [0.1, 0.15) is 12.1 Å². The van der Waals surface area contributed by atoms with E-state index in [1.807, 2.05) is 48.5 Å². The van der Waals surface area contributed by atoms with Gasteiger partial charge in [-0.3, -0.25) is 0 Å². The van der Waals surface area contributed by atoms with Crippen molar-refractivity contribution in [1.29, 1.82) is 0 Å². The molecule has 3 aromatic rings. The summed E-state index contributed by atoms with van der Waals surface area (Å²) in [5.74, 6) is 3.00. The van der Waals surface area contributed by atoms with Crippen LogP contribution in [0.2, 0.25) is 0 Å². The molecule has 0 bridgehead atoms. The SMILES string of the molecule is c1ccc2c(c1)OCC(COCCCCCN1CCC(c3nc4ccccc4o3)CC1)O2. The Morgan fingerprint density at radius 1 is 0.938 bits per heavy atom. The third-order valence-electron chi connectivity index (χ3n) is 6.38. The van der Waals surface area contributed by atoms with E-state index in [9.17, 15) is 0 Å². The van der Waals surface area contributed by atoms with Crippen molar-refractivity contribution < 1.29 is 18.6 Å². The molecule has 0 amide bonds. The molecule has 6 heteroatoms. The first-order valence-electron chi connectivity index (χ1n) is 11.9. The van der Waals surface area contributed by atoms with Gasteiger partial charge in [0.2, 0.25) is 0 Å². The van der Waals surface area contributed by atoms with Gasteiger partial charge in [-0.2, -0.15) is 0 Å². The maximum absolute atomic E-state index is 5.98. The predicted molar refractivity (Wildman–Crippen MR) is 123 cm³/mol. The molecule has 1 fully saturated rings. The van der Waals surface area contributed by atoms with E-state index in [2.05, 4.69) is 4.90 Å². The molecular formula is C26H32N2O4. The number of rotatable bonds is 9. The Morgan fingerprint density at radius 2 is 1.75 bits per heavy atom. The highest BCUT2D eigenvalue weighted by molar-refractivity contribution is 5.72. The van der Waals surface area contributed by atoms with Crippen LogP contribution in [0.15, 0.2) is 52.9 Å². The molecule has 0 N–H and O–H groups in total. The third-order valence-corrected chi connectivity index (χ3v) is 6.38. The molecular weight excluding hydrogens is 404 g/mol. The number of fused-ring (bicyclic) bond motifs is 2. The zero-order chi connectivity index (χ0) is 21.6. The van der Waals surface area contributed by atoms with Gasteiger partial charge in [0, 0.05) is 12.5 Å². The van der Waals surface area contributed by atoms with E-state index in [4.69, 9.17) is 23.6 Å². The van der Waals surface area contributed by atoms with E-state index in [-0.39, 0.29) is 6.10 Å². The summed E-state index contributed by atoms with van der Waals surface area (Å²) in [6, 6.07) is 15.8. The van der Waals surface area contributed by atoms with Gasteiger partial charge in [0.25, 0.3) is 0 Å². The van der Waals surface area contributed by atoms with Crippen molar-refractivity contribution in [1.82, 2.24) is 9.88 Å². The molecule has 170 valence electrons. The summed E-state index contributed by atoms with van der Waals surface area (Å²) in [5.41, 5.74) is 1.87. The van der Waals surface area contributed by atoms with Gasteiger partial charge >= 0.3 is 0 Å². The molecule has 0 aliphatic carbocycles. The Bertz CT molecular complexity index is 963. The number of oxazole rings is 1. The molecule has 3 heterocycles. The lowest BCUT2D eigenvalue weighted by molar-refractivity contribution is 0.00768. The molecule has 2 aromatic carbocycles. The Kier molecular flexibility index (Phi) is 6.89. The molecule has 6 nitrogen and oxygen atoms in total. The lowest BCUT2D eigenvalue weighted by Crippen LogP contribution is -2.34. The zero-order valence-corrected chi connectivity index (χ0v) is 18.6. The normalized spacial score (nSPS) is 19.4. The standard InChI is InChI=1S/C26H32N2O4/c1(7-17-29-18-21-19-30-24-10-4-5-11-25(24)31-21)6-14-28-15-12-20(13-16-28)26-27-22-8-2-3-9-23(22)32-26/h2-5,8-11,20-21H,1,6-7,12-19H2. The Labute approximate surface area is 189 Å². The first-order chi connectivity index (χ1) is 15.8. The van der Waals surface area contributed by atoms with Crippen LogP contribution in [0.3, 0.4) is 0 Å². The maximum Gasteiger partial charge on any atom is 0.198 e. The molecule has 0 spiro atoms. The highest BCUT2D eigenvalue weighted by Crippen LogP contribution is 2.31. The second kappa shape index (κ2) is 10.4. The van der Waals surface area contributed by atoms with Crippen LogP contribution in [0.4, 0.5) is 0 Å². The van der Waals surface area contributed by atoms with Gasteiger partial charge in [-0.25, -0.2) is 4.98 Å². The second-order valence-corrected chi connectivity index (χ2v) is 8.77. The number of para-hydroxylation sites is 4. The van der Waals surface area contributed by atoms with Crippen LogP contribution in [0.25, 0.3) is 11.1 Å². The largest absolute Gasteiger partial charge is 0.486 e. The van der Waals surface area contributed by atoms with Crippen molar-refractivity contribution >= 4 is 11.1 Å². The Balaban J connectivity index is 0.929. The highest BCUT2D eigenvalue weighted by Gasteiger charge is 2.24. The fourth-order valence-corrected chi connectivity index (χ4v) is 4.54. The number of aromatic nitrogens is 1. The van der Waals surface area contributed by atoms with Crippen molar-refractivity contribution in [2.24, 2.45) is 0 Å². The van der Waals surface area contributed by atoms with Gasteiger partial charge in [0.05, 0.1) is 6.61 Å². The first kappa shape index (κ1) is 21.3. The van der Waals surface area contributed by atoms with E-state index in [1.54, 1.807) is 0 Å². The number of hydrogen-bond donors (Lipinski definition) is 0. The van der Waals surface area contributed by atoms with Crippen LogP contribution in [0.5, 0.6) is 11.5 Å². The molecule has 5 rings (SSSR count). The first-order valence-corrected chi connectivity index (χ1v) is 11.9. The molecule has 0 radical (unpaired) electrons. The topological polar surface area (TPSA) is 57.0 Å². The van der Waals surface area contributed by atoms with E-state index >= 15 is 0 Å². The van der Waals surface area contributed by atoms with Gasteiger partial charge < -0.3 is 23.5 Å². The average Bonchev–Trinajstić information content (AvgIpc) is 3.28. The number of ether oxygens (including phenoxy) is 3. The van der Waals surface area contributed by atoms with Gasteiger partial charge in [0.15, 0.2) is 29.1 Å². The smallest absolute Gasteiger partial charge is 0.198 e. The Hall–Kier alpha value is -2.57. The second-order valence-electron chi connectivity index (χ2n) is 8.77. The average molecular weight is 437 g/mol. The minimum atomic E-state index is -0.0209. The Morgan fingerprint density at radius 3 is 2.62 bits per heavy atom. The fourth-order valence-electron chi connectivity index (χ4n) is 4.54. The van der Waals surface area contributed by atoms with Crippen molar-refractivity contribution in [2.75, 3.05) is 39.5 Å². The van der Waals surface area contributed by atoms with Crippen LogP contribution >= 0.6 is 0 Å². The van der Waals surface area contributed by atoms with E-state index in [0.29, 0.717) is 19.1 Å². The van der Waals surface area contributed by atoms with Crippen LogP contribution < -0.4 is 9.47 Å². The van der Waals surface area contributed by atoms with Crippen LogP contribution in [0.1, 0.15) is 43.9 Å². The number of benzene rings is 2. The maximum atomic E-state index is 5.98. The fraction of sp³-hybridized carbons (Fsp3) is 0.500. The van der Waals surface area contributed by atoms with Gasteiger partial charge in [-0.1, -0.05) is 24.3 Å². The number of unbranched alkanes of at least 4 members (excludes halogenated alkanes) is 2. The van der Waals surface area contributed by atoms with E-state index < -0.39 is 0 Å². The molecule has 2 aliphatic heterocycles. The monoisotopic (exact) mass is 436 g/mol. The van der Waals surface area contributed by atoms with Crippen molar-refractivity contribution in [3.8, 4) is 11.5 Å². The lowest BCUT2D eigenvalue weighted by atomic mass is 9.96. The third kappa shape index (κ3) is 5.25. The summed E-state index contributed by atoms with van der Waals surface area (Å²) in [4.78, 5) is 7.27. The van der Waals surface area contributed by atoms with Crippen molar-refractivity contribution in [3.05, 3.63) is 54.4 Å². The minimum Gasteiger partial charge on any atom is -0.486 e. The summed E-state index contributed by atoms with van der Waals surface area (Å²) in [6.45, 7) is 5.33. The van der Waals surface area contributed by atoms with Gasteiger partial charge in [-0.15, -0.1) is 0 Å². The number of hydrogen-bond acceptors (Lipinski definition) is 6. The summed E-state index contributed by atoms with van der Waals surface area (Å²) in [6.07, 6.45) is 5.73. The molecule has 32 heavy (non-hydrogen) atoms. The number of likely N-dealkylation sites (tertiary alicyclic amines) is 1. The highest BCUT2D eigenvalue weighted by atomic mass is 16.6. The zero-order valence-electron chi connectivity index (χ0n) is 18.6. The molecule has 1 aromatic heterocycles.